The van der Waals surface area contributed by atoms with Gasteiger partial charge < -0.3 is 16.0 Å². The maximum atomic E-state index is 9.32. The molecule has 0 aliphatic carbocycles. The number of rotatable bonds is 6. The highest BCUT2D eigenvalue weighted by Gasteiger charge is 2.24. The number of hydrogen-bond donors (Lipinski definition) is 3. The van der Waals surface area contributed by atoms with E-state index in [1.807, 2.05) is 44.2 Å². The van der Waals surface area contributed by atoms with Crippen LogP contribution in [0.5, 0.6) is 0 Å². The van der Waals surface area contributed by atoms with E-state index >= 15 is 0 Å². The fourth-order valence-corrected chi connectivity index (χ4v) is 1.24. The first-order valence-electron chi connectivity index (χ1n) is 5.49. The van der Waals surface area contributed by atoms with Gasteiger partial charge in [-0.2, -0.15) is 0 Å². The third-order valence-electron chi connectivity index (χ3n) is 2.99. The van der Waals surface area contributed by atoms with Gasteiger partial charge in [0.15, 0.2) is 0 Å². The van der Waals surface area contributed by atoms with Crippen molar-refractivity contribution in [3.63, 3.8) is 0 Å². The highest BCUT2D eigenvalue weighted by molar-refractivity contribution is 5.42. The number of anilines is 1. The number of aliphatic hydroxyl groups is 1. The Hall–Kier alpha value is -1.48. The highest BCUT2D eigenvalue weighted by Crippen LogP contribution is 2.26. The van der Waals surface area contributed by atoms with Crippen LogP contribution in [0.2, 0.25) is 0 Å². The molecule has 1 aromatic rings. The quantitative estimate of drug-likeness (QED) is 0.645. The Bertz CT molecular complexity index is 331. The molecule has 0 heterocycles. The Morgan fingerprint density at radius 1 is 1.38 bits per heavy atom. The molecule has 3 nitrogen and oxygen atoms in total. The van der Waals surface area contributed by atoms with Crippen LogP contribution in [0.1, 0.15) is 20.3 Å². The summed E-state index contributed by atoms with van der Waals surface area (Å²) in [5.74, 6) is 0. The summed E-state index contributed by atoms with van der Waals surface area (Å²) in [6, 6.07) is 9.80. The molecule has 0 spiro atoms. The molecule has 0 bridgehead atoms. The molecule has 3 N–H and O–H groups in total. The average Bonchev–Trinajstić information content (AvgIpc) is 2.36. The van der Waals surface area contributed by atoms with Crippen LogP contribution in [-0.4, -0.2) is 11.7 Å². The van der Waals surface area contributed by atoms with E-state index in [1.54, 1.807) is 0 Å². The summed E-state index contributed by atoms with van der Waals surface area (Å²) in [6.45, 7) is 8.05. The van der Waals surface area contributed by atoms with Gasteiger partial charge in [-0.15, -0.1) is 0 Å². The Kier molecular flexibility index (Phi) is 4.38. The summed E-state index contributed by atoms with van der Waals surface area (Å²) < 4.78 is 0. The lowest BCUT2D eigenvalue weighted by molar-refractivity contribution is 0.165. The molecule has 0 saturated carbocycles. The van der Waals surface area contributed by atoms with E-state index in [-0.39, 0.29) is 12.0 Å². The Morgan fingerprint density at radius 2 is 2.00 bits per heavy atom. The van der Waals surface area contributed by atoms with Gasteiger partial charge in [0, 0.05) is 11.1 Å². The summed E-state index contributed by atoms with van der Waals surface area (Å²) >= 11 is 0. The van der Waals surface area contributed by atoms with E-state index < -0.39 is 0 Å². The van der Waals surface area contributed by atoms with Crippen LogP contribution in [0, 0.1) is 5.41 Å². The smallest absolute Gasteiger partial charge is 0.0539 e. The maximum absolute atomic E-state index is 9.32. The van der Waals surface area contributed by atoms with Crippen molar-refractivity contribution in [3.8, 4) is 0 Å². The van der Waals surface area contributed by atoms with E-state index in [9.17, 15) is 5.11 Å². The number of hydrazine groups is 1. The second kappa shape index (κ2) is 5.56. The summed E-state index contributed by atoms with van der Waals surface area (Å²) in [4.78, 5) is 0. The predicted molar refractivity (Wildman–Crippen MR) is 67.8 cm³/mol. The zero-order valence-electron chi connectivity index (χ0n) is 9.96. The van der Waals surface area contributed by atoms with Gasteiger partial charge in [0.05, 0.1) is 12.3 Å². The van der Waals surface area contributed by atoms with E-state index in [2.05, 4.69) is 17.4 Å². The van der Waals surface area contributed by atoms with Crippen molar-refractivity contribution in [3.05, 3.63) is 42.6 Å². The molecule has 3 heteroatoms. The van der Waals surface area contributed by atoms with Crippen molar-refractivity contribution in [2.45, 2.75) is 20.3 Å². The largest absolute Gasteiger partial charge is 0.395 e. The average molecular weight is 220 g/mol. The van der Waals surface area contributed by atoms with E-state index in [0.29, 0.717) is 0 Å². The Morgan fingerprint density at radius 3 is 2.50 bits per heavy atom. The van der Waals surface area contributed by atoms with Gasteiger partial charge in [0.2, 0.25) is 0 Å². The first-order valence-corrected chi connectivity index (χ1v) is 5.49. The SMILES string of the molecule is C=C(NNc1ccccc1)C(C)(CC)CO. The van der Waals surface area contributed by atoms with Crippen LogP contribution in [0.4, 0.5) is 5.69 Å². The van der Waals surface area contributed by atoms with E-state index in [4.69, 9.17) is 0 Å². The summed E-state index contributed by atoms with van der Waals surface area (Å²) in [5, 5.41) is 9.32. The highest BCUT2D eigenvalue weighted by atomic mass is 16.3. The van der Waals surface area contributed by atoms with E-state index in [1.165, 1.54) is 0 Å². The summed E-state index contributed by atoms with van der Waals surface area (Å²) in [7, 11) is 0. The second-order valence-electron chi connectivity index (χ2n) is 4.17. The summed E-state index contributed by atoms with van der Waals surface area (Å²) in [5.41, 5.74) is 7.57. The third kappa shape index (κ3) is 3.00. The molecule has 0 aromatic heterocycles. The molecule has 1 atom stereocenters. The lowest BCUT2D eigenvalue weighted by Crippen LogP contribution is -2.34. The van der Waals surface area contributed by atoms with Gasteiger partial charge in [-0.05, 0) is 18.6 Å². The minimum absolute atomic E-state index is 0.0891. The minimum atomic E-state index is -0.290. The molecular weight excluding hydrogens is 200 g/mol. The molecule has 1 rings (SSSR count). The van der Waals surface area contributed by atoms with Gasteiger partial charge in [0.25, 0.3) is 0 Å². The number of para-hydroxylation sites is 1. The number of nitrogens with one attached hydrogen (secondary N) is 2. The van der Waals surface area contributed by atoms with Crippen LogP contribution >= 0.6 is 0 Å². The fraction of sp³-hybridized carbons (Fsp3) is 0.385. The van der Waals surface area contributed by atoms with Gasteiger partial charge in [-0.3, -0.25) is 0 Å². The first kappa shape index (κ1) is 12.6. The van der Waals surface area contributed by atoms with Crippen molar-refractivity contribution in [2.75, 3.05) is 12.0 Å². The molecule has 1 unspecified atom stereocenters. The van der Waals surface area contributed by atoms with Crippen molar-refractivity contribution in [1.29, 1.82) is 0 Å². The molecule has 0 amide bonds. The van der Waals surface area contributed by atoms with Gasteiger partial charge in [0.1, 0.15) is 0 Å². The lowest BCUT2D eigenvalue weighted by atomic mass is 9.86. The molecule has 16 heavy (non-hydrogen) atoms. The molecule has 1 aromatic carbocycles. The van der Waals surface area contributed by atoms with Crippen molar-refractivity contribution >= 4 is 5.69 Å². The molecule has 0 aliphatic heterocycles. The molecular formula is C13H20N2O. The molecule has 0 fully saturated rings. The third-order valence-corrected chi connectivity index (χ3v) is 2.99. The van der Waals surface area contributed by atoms with Crippen LogP contribution in [0.3, 0.4) is 0 Å². The lowest BCUT2D eigenvalue weighted by Gasteiger charge is -2.29. The van der Waals surface area contributed by atoms with Crippen LogP contribution in [-0.2, 0) is 0 Å². The van der Waals surface area contributed by atoms with Crippen molar-refractivity contribution in [1.82, 2.24) is 5.43 Å². The maximum Gasteiger partial charge on any atom is 0.0539 e. The second-order valence-corrected chi connectivity index (χ2v) is 4.17. The zero-order chi connectivity index (χ0) is 12.0. The zero-order valence-corrected chi connectivity index (χ0v) is 9.96. The standard InChI is InChI=1S/C13H20N2O/c1-4-13(3,10-16)11(2)14-15-12-8-6-5-7-9-12/h5-9,14-16H,2,4,10H2,1,3H3. The molecule has 0 aliphatic rings. The summed E-state index contributed by atoms with van der Waals surface area (Å²) in [6.07, 6.45) is 0.839. The van der Waals surface area contributed by atoms with Crippen molar-refractivity contribution in [2.24, 2.45) is 5.41 Å². The molecule has 88 valence electrons. The monoisotopic (exact) mass is 220 g/mol. The Balaban J connectivity index is 2.53. The van der Waals surface area contributed by atoms with Gasteiger partial charge in [-0.25, -0.2) is 0 Å². The minimum Gasteiger partial charge on any atom is -0.395 e. The van der Waals surface area contributed by atoms with Crippen LogP contribution in [0.25, 0.3) is 0 Å². The molecule has 0 saturated heterocycles. The predicted octanol–water partition coefficient (Wildman–Crippen LogP) is 2.53. The number of hydrogen-bond acceptors (Lipinski definition) is 3. The fourth-order valence-electron chi connectivity index (χ4n) is 1.24. The molecule has 0 radical (unpaired) electrons. The van der Waals surface area contributed by atoms with Crippen molar-refractivity contribution < 1.29 is 5.11 Å². The van der Waals surface area contributed by atoms with Gasteiger partial charge >= 0.3 is 0 Å². The Labute approximate surface area is 97.2 Å². The topological polar surface area (TPSA) is 44.3 Å². The number of benzene rings is 1. The van der Waals surface area contributed by atoms with Crippen LogP contribution < -0.4 is 10.9 Å². The first-order chi connectivity index (χ1) is 7.62. The number of aliphatic hydroxyl groups excluding tert-OH is 1. The van der Waals surface area contributed by atoms with Gasteiger partial charge in [-0.1, -0.05) is 38.6 Å². The normalized spacial score (nSPS) is 13.9. The van der Waals surface area contributed by atoms with Crippen LogP contribution in [0.15, 0.2) is 42.6 Å². The van der Waals surface area contributed by atoms with E-state index in [0.717, 1.165) is 17.8 Å².